The molecule has 0 bridgehead atoms. The smallest absolute Gasteiger partial charge is 0.416 e. The minimum atomic E-state index is -4.39. The number of hydrogen-bond donors (Lipinski definition) is 2. The number of aliphatic carboxylic acids is 1. The highest BCUT2D eigenvalue weighted by atomic mass is 19.4. The molecule has 220 valence electrons. The van der Waals surface area contributed by atoms with Gasteiger partial charge < -0.3 is 25.0 Å². The standard InChI is InChI=1S/C29H44F3N3O4/c1-4-13-35(28(38)39-19-21-5-8-23(9-6-21)29(30,31)32)25-11-14-34(15-12-25)18-22-7-10-24(17-22)33-26(27(36)37)16-20(2)3/h5-6,8-9,20,22,24-26,33H,4,7,10-19H2,1-3H3,(H,36,37)/t22-,24?,26?/m1/s1. The van der Waals surface area contributed by atoms with Gasteiger partial charge in [-0.1, -0.05) is 32.9 Å². The Morgan fingerprint density at radius 2 is 1.79 bits per heavy atom. The molecule has 3 rings (SSSR count). The summed E-state index contributed by atoms with van der Waals surface area (Å²) in [6.45, 7) is 9.36. The fourth-order valence-corrected chi connectivity index (χ4v) is 5.85. The van der Waals surface area contributed by atoms with E-state index in [4.69, 9.17) is 4.74 Å². The van der Waals surface area contributed by atoms with Gasteiger partial charge in [0, 0.05) is 38.3 Å². The van der Waals surface area contributed by atoms with Crippen molar-refractivity contribution in [1.29, 1.82) is 0 Å². The van der Waals surface area contributed by atoms with Gasteiger partial charge in [-0.3, -0.25) is 4.79 Å². The maximum absolute atomic E-state index is 12.9. The number of hydrogen-bond acceptors (Lipinski definition) is 5. The third-order valence-corrected chi connectivity index (χ3v) is 7.84. The van der Waals surface area contributed by atoms with Crippen molar-refractivity contribution in [3.63, 3.8) is 0 Å². The van der Waals surface area contributed by atoms with E-state index in [0.717, 1.165) is 70.3 Å². The van der Waals surface area contributed by atoms with Crippen LogP contribution in [0, 0.1) is 11.8 Å². The summed E-state index contributed by atoms with van der Waals surface area (Å²) >= 11 is 0. The molecule has 3 atom stereocenters. The van der Waals surface area contributed by atoms with Gasteiger partial charge in [0.05, 0.1) is 5.56 Å². The Labute approximate surface area is 230 Å². The highest BCUT2D eigenvalue weighted by Crippen LogP contribution is 2.30. The maximum atomic E-state index is 12.9. The molecule has 0 spiro atoms. The van der Waals surface area contributed by atoms with E-state index in [-0.39, 0.29) is 18.7 Å². The molecular formula is C29H44F3N3O4. The number of carbonyl (C=O) groups is 2. The van der Waals surface area contributed by atoms with Crippen molar-refractivity contribution in [2.24, 2.45) is 11.8 Å². The molecule has 2 N–H and O–H groups in total. The van der Waals surface area contributed by atoms with E-state index in [1.807, 2.05) is 20.8 Å². The first kappa shape index (κ1) is 31.2. The number of halogens is 3. The number of carboxylic acid groups (broad SMARTS) is 1. The third-order valence-electron chi connectivity index (χ3n) is 7.84. The normalized spacial score (nSPS) is 21.7. The minimum Gasteiger partial charge on any atom is -0.480 e. The predicted molar refractivity (Wildman–Crippen MR) is 143 cm³/mol. The fourth-order valence-electron chi connectivity index (χ4n) is 5.85. The van der Waals surface area contributed by atoms with Crippen LogP contribution in [0.2, 0.25) is 0 Å². The molecule has 10 heteroatoms. The Morgan fingerprint density at radius 1 is 1.13 bits per heavy atom. The second-order valence-corrected chi connectivity index (χ2v) is 11.5. The lowest BCUT2D eigenvalue weighted by Crippen LogP contribution is -2.48. The van der Waals surface area contributed by atoms with Crippen LogP contribution in [0.3, 0.4) is 0 Å². The molecule has 1 saturated heterocycles. The number of amides is 1. The first-order chi connectivity index (χ1) is 18.5. The second kappa shape index (κ2) is 14.3. The number of carbonyl (C=O) groups excluding carboxylic acids is 1. The zero-order chi connectivity index (χ0) is 28.6. The van der Waals surface area contributed by atoms with E-state index in [9.17, 15) is 27.9 Å². The lowest BCUT2D eigenvalue weighted by molar-refractivity contribution is -0.140. The van der Waals surface area contributed by atoms with Crippen LogP contribution in [0.1, 0.15) is 76.8 Å². The molecule has 0 aromatic heterocycles. The average molecular weight is 556 g/mol. The number of ether oxygens (including phenoxy) is 1. The molecular weight excluding hydrogens is 511 g/mol. The average Bonchev–Trinajstić information content (AvgIpc) is 3.32. The monoisotopic (exact) mass is 555 g/mol. The number of nitrogens with one attached hydrogen (secondary N) is 1. The molecule has 2 fully saturated rings. The highest BCUT2D eigenvalue weighted by Gasteiger charge is 2.33. The molecule has 1 aliphatic carbocycles. The van der Waals surface area contributed by atoms with Crippen LogP contribution in [0.25, 0.3) is 0 Å². The van der Waals surface area contributed by atoms with Crippen LogP contribution in [-0.2, 0) is 22.3 Å². The van der Waals surface area contributed by atoms with Crippen molar-refractivity contribution in [3.8, 4) is 0 Å². The molecule has 1 saturated carbocycles. The fraction of sp³-hybridized carbons (Fsp3) is 0.724. The molecule has 2 unspecified atom stereocenters. The zero-order valence-corrected chi connectivity index (χ0v) is 23.4. The number of benzene rings is 1. The summed E-state index contributed by atoms with van der Waals surface area (Å²) in [4.78, 5) is 28.7. The van der Waals surface area contributed by atoms with E-state index >= 15 is 0 Å². The summed E-state index contributed by atoms with van der Waals surface area (Å²) in [6, 6.07) is 4.51. The zero-order valence-electron chi connectivity index (χ0n) is 23.4. The van der Waals surface area contributed by atoms with Crippen LogP contribution in [-0.4, -0.2) is 71.3 Å². The van der Waals surface area contributed by atoms with Crippen LogP contribution in [0.4, 0.5) is 18.0 Å². The van der Waals surface area contributed by atoms with Gasteiger partial charge in [0.25, 0.3) is 0 Å². The molecule has 1 amide bonds. The highest BCUT2D eigenvalue weighted by molar-refractivity contribution is 5.73. The van der Waals surface area contributed by atoms with E-state index in [1.54, 1.807) is 4.90 Å². The summed E-state index contributed by atoms with van der Waals surface area (Å²) in [5, 5.41) is 12.9. The number of piperidine rings is 1. The van der Waals surface area contributed by atoms with Crippen LogP contribution >= 0.6 is 0 Å². The SMILES string of the molecule is CCCN(C(=O)OCc1ccc(C(F)(F)F)cc1)C1CCN(C[C@@H]2CCC(NC(CC(C)C)C(=O)O)C2)CC1. The van der Waals surface area contributed by atoms with E-state index < -0.39 is 29.8 Å². The third kappa shape index (κ3) is 9.67. The van der Waals surface area contributed by atoms with Crippen molar-refractivity contribution in [2.75, 3.05) is 26.2 Å². The van der Waals surface area contributed by atoms with Crippen LogP contribution < -0.4 is 5.32 Å². The summed E-state index contributed by atoms with van der Waals surface area (Å²) in [5.74, 6) is 0.0863. The molecule has 2 aliphatic rings. The molecule has 0 radical (unpaired) electrons. The molecule has 1 aromatic rings. The molecule has 1 aliphatic heterocycles. The number of rotatable bonds is 12. The molecule has 1 heterocycles. The molecule has 7 nitrogen and oxygen atoms in total. The first-order valence-corrected chi connectivity index (χ1v) is 14.3. The Morgan fingerprint density at radius 3 is 2.36 bits per heavy atom. The number of likely N-dealkylation sites (tertiary alicyclic amines) is 1. The summed E-state index contributed by atoms with van der Waals surface area (Å²) in [5.41, 5.74) is -0.206. The summed E-state index contributed by atoms with van der Waals surface area (Å²) < 4.78 is 43.8. The van der Waals surface area contributed by atoms with Gasteiger partial charge in [-0.25, -0.2) is 4.79 Å². The predicted octanol–water partition coefficient (Wildman–Crippen LogP) is 5.78. The Balaban J connectivity index is 1.43. The van der Waals surface area contributed by atoms with Gasteiger partial charge in [0.15, 0.2) is 0 Å². The lowest BCUT2D eigenvalue weighted by atomic mass is 10.00. The van der Waals surface area contributed by atoms with Gasteiger partial charge in [0.1, 0.15) is 12.6 Å². The van der Waals surface area contributed by atoms with E-state index in [0.29, 0.717) is 30.4 Å². The summed E-state index contributed by atoms with van der Waals surface area (Å²) in [7, 11) is 0. The number of carboxylic acids is 1. The van der Waals surface area contributed by atoms with Crippen molar-refractivity contribution < 1.29 is 32.6 Å². The van der Waals surface area contributed by atoms with E-state index in [1.165, 1.54) is 12.1 Å². The van der Waals surface area contributed by atoms with Crippen molar-refractivity contribution in [3.05, 3.63) is 35.4 Å². The Hall–Kier alpha value is -2.33. The Bertz CT molecular complexity index is 917. The molecule has 39 heavy (non-hydrogen) atoms. The Kier molecular flexibility index (Phi) is 11.5. The van der Waals surface area contributed by atoms with Crippen molar-refractivity contribution in [1.82, 2.24) is 15.1 Å². The van der Waals surface area contributed by atoms with Gasteiger partial charge in [0.2, 0.25) is 0 Å². The largest absolute Gasteiger partial charge is 0.480 e. The van der Waals surface area contributed by atoms with Gasteiger partial charge >= 0.3 is 18.2 Å². The molecule has 1 aromatic carbocycles. The second-order valence-electron chi connectivity index (χ2n) is 11.5. The topological polar surface area (TPSA) is 82.1 Å². The van der Waals surface area contributed by atoms with E-state index in [2.05, 4.69) is 10.2 Å². The summed E-state index contributed by atoms with van der Waals surface area (Å²) in [6.07, 6.45) is 1.37. The van der Waals surface area contributed by atoms with Crippen LogP contribution in [0.5, 0.6) is 0 Å². The number of alkyl halides is 3. The van der Waals surface area contributed by atoms with Crippen LogP contribution in [0.15, 0.2) is 24.3 Å². The number of nitrogens with zero attached hydrogens (tertiary/aromatic N) is 2. The minimum absolute atomic E-state index is 0.0627. The lowest BCUT2D eigenvalue weighted by Gasteiger charge is -2.38. The first-order valence-electron chi connectivity index (χ1n) is 14.3. The quantitative estimate of drug-likeness (QED) is 0.341. The van der Waals surface area contributed by atoms with Crippen molar-refractivity contribution >= 4 is 12.1 Å². The maximum Gasteiger partial charge on any atom is 0.416 e. The van der Waals surface area contributed by atoms with Gasteiger partial charge in [-0.05, 0) is 74.5 Å². The van der Waals surface area contributed by atoms with Gasteiger partial charge in [-0.2, -0.15) is 13.2 Å². The van der Waals surface area contributed by atoms with Crippen molar-refractivity contribution in [2.45, 2.75) is 96.6 Å². The van der Waals surface area contributed by atoms with Gasteiger partial charge in [-0.15, -0.1) is 0 Å².